The second-order valence-electron chi connectivity index (χ2n) is 10.5. The summed E-state index contributed by atoms with van der Waals surface area (Å²) < 4.78 is 8.08. The van der Waals surface area contributed by atoms with Crippen LogP contribution in [0.15, 0.2) is 52.8 Å². The average Bonchev–Trinajstić information content (AvgIpc) is 2.84. The molecule has 0 fully saturated rings. The van der Waals surface area contributed by atoms with Gasteiger partial charge in [-0.1, -0.05) is 56.3 Å². The van der Waals surface area contributed by atoms with Crippen molar-refractivity contribution in [1.29, 1.82) is 0 Å². The molecule has 0 aliphatic rings. The summed E-state index contributed by atoms with van der Waals surface area (Å²) in [6.45, 7) is 13.7. The fourth-order valence-corrected chi connectivity index (χ4v) is 5.40. The molecule has 3 aromatic heterocycles. The van der Waals surface area contributed by atoms with Crippen LogP contribution in [0.3, 0.4) is 0 Å². The molecule has 3 heterocycles. The van der Waals surface area contributed by atoms with Crippen molar-refractivity contribution in [3.05, 3.63) is 63.9 Å². The van der Waals surface area contributed by atoms with Crippen molar-refractivity contribution in [2.45, 2.75) is 57.5 Å². The van der Waals surface area contributed by atoms with Crippen molar-refractivity contribution in [3.63, 3.8) is 0 Å². The molecule has 1 aromatic carbocycles. The first kappa shape index (κ1) is 27.4. The highest BCUT2D eigenvalue weighted by molar-refractivity contribution is 7.98. The molecule has 194 valence electrons. The summed E-state index contributed by atoms with van der Waals surface area (Å²) in [7, 11) is -1.97. The Morgan fingerprint density at radius 2 is 1.84 bits per heavy atom. The molecule has 0 bridgehead atoms. The van der Waals surface area contributed by atoms with Crippen LogP contribution < -0.4 is 5.56 Å². The Labute approximate surface area is 227 Å². The van der Waals surface area contributed by atoms with Gasteiger partial charge in [0.2, 0.25) is 0 Å². The van der Waals surface area contributed by atoms with E-state index in [2.05, 4.69) is 53.8 Å². The maximum absolute atomic E-state index is 13.9. The normalized spacial score (nSPS) is 12.3. The van der Waals surface area contributed by atoms with Gasteiger partial charge in [-0.2, -0.15) is 0 Å². The fraction of sp³-hybridized carbons (Fsp3) is 0.370. The zero-order valence-corrected chi connectivity index (χ0v) is 24.9. The van der Waals surface area contributed by atoms with Gasteiger partial charge in [-0.3, -0.25) is 14.3 Å². The second kappa shape index (κ2) is 10.6. The van der Waals surface area contributed by atoms with Gasteiger partial charge in [0.1, 0.15) is 5.65 Å². The molecule has 0 saturated heterocycles. The Morgan fingerprint density at radius 3 is 2.49 bits per heavy atom. The zero-order chi connectivity index (χ0) is 27.0. The number of nitrogens with zero attached hydrogens (tertiary/aromatic N) is 5. The van der Waals surface area contributed by atoms with Crippen LogP contribution in [0.25, 0.3) is 33.4 Å². The van der Waals surface area contributed by atoms with Gasteiger partial charge in [-0.25, -0.2) is 15.0 Å². The van der Waals surface area contributed by atoms with Crippen molar-refractivity contribution < 1.29 is 4.43 Å². The van der Waals surface area contributed by atoms with E-state index >= 15 is 0 Å². The van der Waals surface area contributed by atoms with E-state index in [1.807, 2.05) is 37.4 Å². The minimum Gasteiger partial charge on any atom is -0.415 e. The minimum absolute atomic E-state index is 0.0764. The molecule has 0 radical (unpaired) electrons. The van der Waals surface area contributed by atoms with Gasteiger partial charge in [0.25, 0.3) is 5.56 Å². The Hall–Kier alpha value is -2.59. The lowest BCUT2D eigenvalue weighted by molar-refractivity contribution is 0.271. The number of aromatic nitrogens is 5. The van der Waals surface area contributed by atoms with E-state index in [1.165, 1.54) is 11.8 Å². The highest BCUT2D eigenvalue weighted by Gasteiger charge is 2.37. The number of thioether (sulfide) groups is 1. The molecule has 0 aliphatic carbocycles. The van der Waals surface area contributed by atoms with Gasteiger partial charge < -0.3 is 4.43 Å². The summed E-state index contributed by atoms with van der Waals surface area (Å²) in [6, 6.07) is 7.41. The standard InChI is InChI=1S/C27H32ClN5O2SSi/c1-17-14-29-16-23(31-17)18-8-9-20(22(28)13-18)21-12-19-15-30-26(36-5)32-24(19)33(25(21)34)10-11-35-37(6,7)27(2,3)4/h8-9,12-16H,10-11H2,1-7H3. The number of benzene rings is 1. The molecule has 10 heteroatoms. The lowest BCUT2D eigenvalue weighted by atomic mass is 10.0. The van der Waals surface area contributed by atoms with Crippen LogP contribution in [0.2, 0.25) is 23.2 Å². The van der Waals surface area contributed by atoms with Crippen LogP contribution in [-0.4, -0.2) is 45.7 Å². The fourth-order valence-electron chi connectivity index (χ4n) is 3.75. The topological polar surface area (TPSA) is 82.8 Å². The van der Waals surface area contributed by atoms with E-state index in [4.69, 9.17) is 16.0 Å². The van der Waals surface area contributed by atoms with E-state index in [-0.39, 0.29) is 10.6 Å². The quantitative estimate of drug-likeness (QED) is 0.144. The second-order valence-corrected chi connectivity index (χ2v) is 16.5. The number of pyridine rings is 1. The van der Waals surface area contributed by atoms with Gasteiger partial charge in [0.05, 0.1) is 24.2 Å². The maximum Gasteiger partial charge on any atom is 0.260 e. The van der Waals surface area contributed by atoms with Crippen LogP contribution >= 0.6 is 23.4 Å². The molecule has 0 aliphatic heterocycles. The summed E-state index contributed by atoms with van der Waals surface area (Å²) in [5.74, 6) is 0. The summed E-state index contributed by atoms with van der Waals surface area (Å²) in [5, 5.41) is 1.92. The first-order valence-corrected chi connectivity index (χ1v) is 16.6. The molecule has 0 spiro atoms. The molecule has 37 heavy (non-hydrogen) atoms. The minimum atomic E-state index is -1.97. The summed E-state index contributed by atoms with van der Waals surface area (Å²) in [6.07, 6.45) is 7.08. The molecule has 0 saturated carbocycles. The largest absolute Gasteiger partial charge is 0.415 e. The van der Waals surface area contributed by atoms with Crippen molar-refractivity contribution in [2.75, 3.05) is 12.9 Å². The smallest absolute Gasteiger partial charge is 0.260 e. The van der Waals surface area contributed by atoms with Crippen LogP contribution in [0.4, 0.5) is 0 Å². The maximum atomic E-state index is 13.9. The van der Waals surface area contributed by atoms with Gasteiger partial charge in [-0.15, -0.1) is 0 Å². The third-order valence-electron chi connectivity index (χ3n) is 6.88. The number of hydrogen-bond donors (Lipinski definition) is 0. The number of hydrogen-bond acceptors (Lipinski definition) is 7. The van der Waals surface area contributed by atoms with E-state index in [0.717, 1.165) is 22.3 Å². The van der Waals surface area contributed by atoms with Gasteiger partial charge >= 0.3 is 0 Å². The first-order chi connectivity index (χ1) is 17.4. The molecule has 4 rings (SSSR count). The van der Waals surface area contributed by atoms with Crippen molar-refractivity contribution in [3.8, 4) is 22.4 Å². The van der Waals surface area contributed by atoms with Crippen molar-refractivity contribution in [1.82, 2.24) is 24.5 Å². The Balaban J connectivity index is 1.78. The van der Waals surface area contributed by atoms with Gasteiger partial charge in [0, 0.05) is 46.0 Å². The lowest BCUT2D eigenvalue weighted by Crippen LogP contribution is -2.42. The van der Waals surface area contributed by atoms with Crippen molar-refractivity contribution >= 4 is 42.7 Å². The molecular formula is C27H32ClN5O2SSi. The third-order valence-corrected chi connectivity index (χ3v) is 12.3. The van der Waals surface area contributed by atoms with Crippen LogP contribution in [0.1, 0.15) is 26.5 Å². The highest BCUT2D eigenvalue weighted by atomic mass is 35.5. The SMILES string of the molecule is CSc1ncc2cc(-c3ccc(-c4cncc(C)n4)cc3Cl)c(=O)n(CCO[Si](C)(C)C(C)(C)C)c2n1. The molecule has 4 aromatic rings. The highest BCUT2D eigenvalue weighted by Crippen LogP contribution is 2.36. The van der Waals surface area contributed by atoms with E-state index in [9.17, 15) is 4.79 Å². The average molecular weight is 554 g/mol. The Kier molecular flexibility index (Phi) is 7.90. The van der Waals surface area contributed by atoms with Gasteiger partial charge in [0.15, 0.2) is 13.5 Å². The summed E-state index contributed by atoms with van der Waals surface area (Å²) in [4.78, 5) is 31.7. The van der Waals surface area contributed by atoms with Crippen LogP contribution in [0.5, 0.6) is 0 Å². The molecule has 0 amide bonds. The monoisotopic (exact) mass is 553 g/mol. The van der Waals surface area contributed by atoms with Crippen LogP contribution in [0, 0.1) is 6.92 Å². The van der Waals surface area contributed by atoms with E-state index in [0.29, 0.717) is 40.1 Å². The third kappa shape index (κ3) is 5.80. The number of fused-ring (bicyclic) bond motifs is 1. The molecule has 0 N–H and O–H groups in total. The van der Waals surface area contributed by atoms with Gasteiger partial charge in [-0.05, 0) is 43.4 Å². The Bertz CT molecular complexity index is 1520. The molecule has 0 atom stereocenters. The predicted molar refractivity (Wildman–Crippen MR) is 155 cm³/mol. The lowest BCUT2D eigenvalue weighted by Gasteiger charge is -2.36. The zero-order valence-electron chi connectivity index (χ0n) is 22.3. The predicted octanol–water partition coefficient (Wildman–Crippen LogP) is 6.62. The molecular weight excluding hydrogens is 522 g/mol. The number of rotatable bonds is 7. The molecule has 7 nitrogen and oxygen atoms in total. The van der Waals surface area contributed by atoms with Crippen molar-refractivity contribution in [2.24, 2.45) is 0 Å². The molecule has 0 unspecified atom stereocenters. The van der Waals surface area contributed by atoms with Crippen LogP contribution in [-0.2, 0) is 11.0 Å². The summed E-state index contributed by atoms with van der Waals surface area (Å²) >= 11 is 8.18. The Morgan fingerprint density at radius 1 is 1.08 bits per heavy atom. The summed E-state index contributed by atoms with van der Waals surface area (Å²) in [5.41, 5.74) is 3.95. The van der Waals surface area contributed by atoms with E-state index < -0.39 is 8.32 Å². The van der Waals surface area contributed by atoms with E-state index in [1.54, 1.807) is 23.2 Å². The first-order valence-electron chi connectivity index (χ1n) is 12.1. The number of halogens is 1. The number of aryl methyl sites for hydroxylation is 1.